The Bertz CT molecular complexity index is 888. The fourth-order valence-corrected chi connectivity index (χ4v) is 2.25. The van der Waals surface area contributed by atoms with Crippen molar-refractivity contribution in [3.63, 3.8) is 0 Å². The molecule has 0 saturated heterocycles. The summed E-state index contributed by atoms with van der Waals surface area (Å²) in [7, 11) is 0. The molecule has 0 aliphatic heterocycles. The zero-order valence-corrected chi connectivity index (χ0v) is 14.3. The minimum Gasteiger partial charge on any atom is -0.493 e. The Labute approximate surface area is 151 Å². The van der Waals surface area contributed by atoms with Crippen molar-refractivity contribution in [1.29, 1.82) is 0 Å². The molecule has 0 radical (unpaired) electrons. The number of benzene rings is 2. The van der Waals surface area contributed by atoms with Crippen LogP contribution in [0.3, 0.4) is 0 Å². The van der Waals surface area contributed by atoms with E-state index >= 15 is 0 Å². The van der Waals surface area contributed by atoms with Crippen LogP contribution in [0.2, 0.25) is 0 Å². The predicted molar refractivity (Wildman–Crippen MR) is 96.2 cm³/mol. The van der Waals surface area contributed by atoms with Crippen molar-refractivity contribution in [2.24, 2.45) is 0 Å². The SMILES string of the molecule is CCOc1ccccc1C=CC(=O)OCc1nnc(-c2ccccc2)o1. The molecule has 1 aromatic heterocycles. The average molecular weight is 350 g/mol. The van der Waals surface area contributed by atoms with E-state index in [0.29, 0.717) is 18.2 Å². The molecule has 0 aliphatic rings. The van der Waals surface area contributed by atoms with E-state index in [4.69, 9.17) is 13.9 Å². The van der Waals surface area contributed by atoms with Gasteiger partial charge >= 0.3 is 5.97 Å². The van der Waals surface area contributed by atoms with Gasteiger partial charge in [-0.25, -0.2) is 4.79 Å². The minimum absolute atomic E-state index is 0.0872. The fourth-order valence-electron chi connectivity index (χ4n) is 2.25. The number of hydrogen-bond acceptors (Lipinski definition) is 6. The summed E-state index contributed by atoms with van der Waals surface area (Å²) in [6.07, 6.45) is 2.99. The minimum atomic E-state index is -0.504. The smallest absolute Gasteiger partial charge is 0.331 e. The summed E-state index contributed by atoms with van der Waals surface area (Å²) in [5, 5.41) is 7.83. The molecule has 0 amide bonds. The molecule has 0 unspecified atom stereocenters. The molecule has 0 atom stereocenters. The second kappa shape index (κ2) is 8.62. The molecule has 6 heteroatoms. The number of rotatable bonds is 7. The van der Waals surface area contributed by atoms with Crippen LogP contribution in [0.1, 0.15) is 18.4 Å². The second-order valence-corrected chi connectivity index (χ2v) is 5.28. The molecule has 3 aromatic rings. The lowest BCUT2D eigenvalue weighted by molar-refractivity contribution is -0.139. The third-order valence-corrected chi connectivity index (χ3v) is 3.44. The lowest BCUT2D eigenvalue weighted by atomic mass is 10.2. The zero-order chi connectivity index (χ0) is 18.2. The molecule has 0 bridgehead atoms. The van der Waals surface area contributed by atoms with E-state index in [9.17, 15) is 4.79 Å². The lowest BCUT2D eigenvalue weighted by Crippen LogP contribution is -2.01. The van der Waals surface area contributed by atoms with E-state index in [1.807, 2.05) is 61.5 Å². The van der Waals surface area contributed by atoms with Crippen molar-refractivity contribution in [3.05, 3.63) is 72.1 Å². The molecule has 3 rings (SSSR count). The highest BCUT2D eigenvalue weighted by atomic mass is 16.5. The molecule has 0 saturated carbocycles. The van der Waals surface area contributed by atoms with E-state index in [1.165, 1.54) is 6.08 Å². The van der Waals surface area contributed by atoms with Gasteiger partial charge in [0.2, 0.25) is 5.89 Å². The van der Waals surface area contributed by atoms with E-state index in [0.717, 1.165) is 11.1 Å². The maximum Gasteiger partial charge on any atom is 0.331 e. The van der Waals surface area contributed by atoms with Crippen LogP contribution in [0.15, 0.2) is 65.1 Å². The molecule has 132 valence electrons. The van der Waals surface area contributed by atoms with Crippen LogP contribution in [-0.2, 0) is 16.1 Å². The summed E-state index contributed by atoms with van der Waals surface area (Å²) in [4.78, 5) is 11.9. The molecule has 0 aliphatic carbocycles. The number of esters is 1. The van der Waals surface area contributed by atoms with Crippen LogP contribution < -0.4 is 4.74 Å². The first kappa shape index (κ1) is 17.4. The van der Waals surface area contributed by atoms with Crippen LogP contribution in [0.4, 0.5) is 0 Å². The summed E-state index contributed by atoms with van der Waals surface area (Å²) >= 11 is 0. The van der Waals surface area contributed by atoms with E-state index in [-0.39, 0.29) is 12.5 Å². The van der Waals surface area contributed by atoms with Crippen molar-refractivity contribution in [3.8, 4) is 17.2 Å². The third-order valence-electron chi connectivity index (χ3n) is 3.44. The number of aromatic nitrogens is 2. The van der Waals surface area contributed by atoms with Gasteiger partial charge in [-0.05, 0) is 31.2 Å². The summed E-state index contributed by atoms with van der Waals surface area (Å²) in [6.45, 7) is 2.37. The monoisotopic (exact) mass is 350 g/mol. The Morgan fingerprint density at radius 3 is 2.65 bits per heavy atom. The number of nitrogens with zero attached hydrogens (tertiary/aromatic N) is 2. The molecule has 26 heavy (non-hydrogen) atoms. The Kier molecular flexibility index (Phi) is 5.77. The summed E-state index contributed by atoms with van der Waals surface area (Å²) in [5.74, 6) is 0.831. The summed E-state index contributed by atoms with van der Waals surface area (Å²) in [5.41, 5.74) is 1.61. The molecular formula is C20H18N2O4. The average Bonchev–Trinajstić information content (AvgIpc) is 3.16. The van der Waals surface area contributed by atoms with E-state index in [2.05, 4.69) is 10.2 Å². The van der Waals surface area contributed by atoms with Gasteiger partial charge in [-0.2, -0.15) is 0 Å². The van der Waals surface area contributed by atoms with Gasteiger partial charge < -0.3 is 13.9 Å². The van der Waals surface area contributed by atoms with Gasteiger partial charge in [0, 0.05) is 17.2 Å². The summed E-state index contributed by atoms with van der Waals surface area (Å²) < 4.78 is 16.1. The van der Waals surface area contributed by atoms with Gasteiger partial charge in [0.25, 0.3) is 5.89 Å². The largest absolute Gasteiger partial charge is 0.493 e. The second-order valence-electron chi connectivity index (χ2n) is 5.28. The van der Waals surface area contributed by atoms with Crippen molar-refractivity contribution < 1.29 is 18.7 Å². The first-order valence-electron chi connectivity index (χ1n) is 8.20. The van der Waals surface area contributed by atoms with Crippen molar-refractivity contribution in [2.75, 3.05) is 6.61 Å². The lowest BCUT2D eigenvalue weighted by Gasteiger charge is -2.06. The molecule has 0 N–H and O–H groups in total. The van der Waals surface area contributed by atoms with Gasteiger partial charge in [0.05, 0.1) is 6.61 Å². The predicted octanol–water partition coefficient (Wildman–Crippen LogP) is 3.89. The van der Waals surface area contributed by atoms with Crippen LogP contribution in [0.5, 0.6) is 5.75 Å². The molecule has 2 aromatic carbocycles. The number of carbonyl (C=O) groups excluding carboxylic acids is 1. The molecule has 6 nitrogen and oxygen atoms in total. The van der Waals surface area contributed by atoms with Crippen LogP contribution >= 0.6 is 0 Å². The van der Waals surface area contributed by atoms with Gasteiger partial charge in [0.1, 0.15) is 5.75 Å². The standard InChI is InChI=1S/C20H18N2O4/c1-2-24-17-11-7-6-8-15(17)12-13-19(23)25-14-18-21-22-20(26-18)16-9-4-3-5-10-16/h3-13H,2,14H2,1H3. The first-order chi connectivity index (χ1) is 12.8. The Hall–Kier alpha value is -3.41. The Morgan fingerprint density at radius 2 is 1.85 bits per heavy atom. The highest BCUT2D eigenvalue weighted by Crippen LogP contribution is 2.20. The highest BCUT2D eigenvalue weighted by molar-refractivity contribution is 5.87. The van der Waals surface area contributed by atoms with E-state index in [1.54, 1.807) is 6.08 Å². The highest BCUT2D eigenvalue weighted by Gasteiger charge is 2.09. The molecule has 0 spiro atoms. The van der Waals surface area contributed by atoms with Crippen molar-refractivity contribution in [2.45, 2.75) is 13.5 Å². The Balaban J connectivity index is 1.57. The van der Waals surface area contributed by atoms with Gasteiger partial charge in [0.15, 0.2) is 6.61 Å². The van der Waals surface area contributed by atoms with E-state index < -0.39 is 5.97 Å². The third kappa shape index (κ3) is 4.57. The van der Waals surface area contributed by atoms with Crippen LogP contribution in [-0.4, -0.2) is 22.8 Å². The van der Waals surface area contributed by atoms with Gasteiger partial charge in [-0.3, -0.25) is 0 Å². The molecular weight excluding hydrogens is 332 g/mol. The topological polar surface area (TPSA) is 74.5 Å². The number of carbonyl (C=O) groups is 1. The number of hydrogen-bond donors (Lipinski definition) is 0. The van der Waals surface area contributed by atoms with Crippen molar-refractivity contribution in [1.82, 2.24) is 10.2 Å². The number of ether oxygens (including phenoxy) is 2. The molecule has 1 heterocycles. The van der Waals surface area contributed by atoms with Gasteiger partial charge in [-0.1, -0.05) is 36.4 Å². The quantitative estimate of drug-likeness (QED) is 0.475. The number of para-hydroxylation sites is 1. The zero-order valence-electron chi connectivity index (χ0n) is 14.3. The van der Waals surface area contributed by atoms with Crippen LogP contribution in [0.25, 0.3) is 17.5 Å². The summed E-state index contributed by atoms with van der Waals surface area (Å²) in [6, 6.07) is 16.8. The Morgan fingerprint density at radius 1 is 1.08 bits per heavy atom. The van der Waals surface area contributed by atoms with Crippen molar-refractivity contribution >= 4 is 12.0 Å². The fraction of sp³-hybridized carbons (Fsp3) is 0.150. The van der Waals surface area contributed by atoms with Crippen LogP contribution in [0, 0.1) is 0 Å². The maximum absolute atomic E-state index is 11.9. The van der Waals surface area contributed by atoms with Gasteiger partial charge in [-0.15, -0.1) is 10.2 Å². The molecule has 0 fully saturated rings. The first-order valence-corrected chi connectivity index (χ1v) is 8.20. The maximum atomic E-state index is 11.9. The normalized spacial score (nSPS) is 10.8.